The summed E-state index contributed by atoms with van der Waals surface area (Å²) >= 11 is 3.43. The minimum absolute atomic E-state index is 0.322. The first kappa shape index (κ1) is 17.6. The van der Waals surface area contributed by atoms with Crippen molar-refractivity contribution < 1.29 is 14.7 Å². The normalized spacial score (nSPS) is 28.7. The molecular formula is C23H18BrNO3. The molecule has 1 spiro atoms. The van der Waals surface area contributed by atoms with Gasteiger partial charge < -0.3 is 5.11 Å². The van der Waals surface area contributed by atoms with Gasteiger partial charge in [-0.15, -0.1) is 0 Å². The number of rotatable bonds is 2. The number of carbonyl (C=O) groups is 2. The van der Waals surface area contributed by atoms with Gasteiger partial charge in [-0.3, -0.25) is 9.59 Å². The second kappa shape index (κ2) is 6.00. The standard InChI is InChI=1S/C23H18BrNO3/c24-16-9-7-15(8-10-16)18-11-12-19-20(26)25(17-5-2-1-3-6-17)21(27)22(19)13-4-14-23(18,22)28/h1-3,5-12,28H,4,13-14H2/t22-,23-/m1/s1. The predicted molar refractivity (Wildman–Crippen MR) is 110 cm³/mol. The maximum Gasteiger partial charge on any atom is 0.262 e. The van der Waals surface area contributed by atoms with Crippen LogP contribution in [0, 0.1) is 5.41 Å². The number of allylic oxidation sites excluding steroid dienone is 2. The number of hydrogen-bond donors (Lipinski definition) is 1. The molecule has 1 N–H and O–H groups in total. The van der Waals surface area contributed by atoms with Crippen molar-refractivity contribution in [1.29, 1.82) is 0 Å². The Balaban J connectivity index is 1.68. The maximum absolute atomic E-state index is 13.7. The van der Waals surface area contributed by atoms with Crippen molar-refractivity contribution in [3.63, 3.8) is 0 Å². The molecule has 1 saturated carbocycles. The number of benzene rings is 2. The van der Waals surface area contributed by atoms with Crippen molar-refractivity contribution in [2.45, 2.75) is 24.9 Å². The predicted octanol–water partition coefficient (Wildman–Crippen LogP) is 4.25. The van der Waals surface area contributed by atoms with E-state index in [1.165, 1.54) is 4.90 Å². The molecule has 2 atom stereocenters. The van der Waals surface area contributed by atoms with Crippen LogP contribution in [0.25, 0.3) is 5.57 Å². The van der Waals surface area contributed by atoms with E-state index in [9.17, 15) is 14.7 Å². The molecule has 0 aromatic heterocycles. The molecule has 0 unspecified atom stereocenters. The number of carbonyl (C=O) groups excluding carboxylic acids is 2. The molecule has 2 amide bonds. The van der Waals surface area contributed by atoms with Crippen LogP contribution in [0.2, 0.25) is 0 Å². The Hall–Kier alpha value is -2.50. The minimum atomic E-state index is -1.39. The first-order valence-electron chi connectivity index (χ1n) is 9.34. The summed E-state index contributed by atoms with van der Waals surface area (Å²) in [7, 11) is 0. The fourth-order valence-electron chi connectivity index (χ4n) is 5.03. The van der Waals surface area contributed by atoms with Crippen molar-refractivity contribution >= 4 is 39.0 Å². The fraction of sp³-hybridized carbons (Fsp3) is 0.217. The number of aliphatic hydroxyl groups is 1. The van der Waals surface area contributed by atoms with E-state index < -0.39 is 11.0 Å². The monoisotopic (exact) mass is 435 g/mol. The number of amides is 2. The van der Waals surface area contributed by atoms with Gasteiger partial charge in [0.2, 0.25) is 5.91 Å². The summed E-state index contributed by atoms with van der Waals surface area (Å²) in [6.07, 6.45) is 5.15. The average Bonchev–Trinajstić information content (AvgIpc) is 3.17. The van der Waals surface area contributed by atoms with E-state index in [4.69, 9.17) is 0 Å². The van der Waals surface area contributed by atoms with E-state index in [1.54, 1.807) is 30.3 Å². The summed E-state index contributed by atoms with van der Waals surface area (Å²) < 4.78 is 0.944. The molecule has 2 aromatic carbocycles. The summed E-state index contributed by atoms with van der Waals surface area (Å²) in [5, 5.41) is 11.9. The number of anilines is 1. The Morgan fingerprint density at radius 2 is 1.57 bits per heavy atom. The molecular weight excluding hydrogens is 418 g/mol. The highest BCUT2D eigenvalue weighted by molar-refractivity contribution is 9.10. The number of imide groups is 1. The summed E-state index contributed by atoms with van der Waals surface area (Å²) in [5.41, 5.74) is -0.0834. The van der Waals surface area contributed by atoms with Gasteiger partial charge in [-0.05, 0) is 54.7 Å². The lowest BCUT2D eigenvalue weighted by Gasteiger charge is -2.42. The third-order valence-corrected chi connectivity index (χ3v) is 6.82. The van der Waals surface area contributed by atoms with Gasteiger partial charge in [0.25, 0.3) is 5.91 Å². The molecule has 1 saturated heterocycles. The minimum Gasteiger partial charge on any atom is -0.384 e. The summed E-state index contributed by atoms with van der Waals surface area (Å²) in [5.74, 6) is -0.653. The van der Waals surface area contributed by atoms with Crippen LogP contribution >= 0.6 is 15.9 Å². The lowest BCUT2D eigenvalue weighted by molar-refractivity contribution is -0.131. The lowest BCUT2D eigenvalue weighted by Crippen LogP contribution is -2.51. The van der Waals surface area contributed by atoms with Crippen molar-refractivity contribution in [3.8, 4) is 0 Å². The summed E-state index contributed by atoms with van der Waals surface area (Å²) in [6, 6.07) is 16.6. The number of nitrogens with zero attached hydrogens (tertiary/aromatic N) is 1. The molecule has 28 heavy (non-hydrogen) atoms. The molecule has 3 aliphatic rings. The Morgan fingerprint density at radius 1 is 0.893 bits per heavy atom. The van der Waals surface area contributed by atoms with Crippen LogP contribution in [0.1, 0.15) is 24.8 Å². The lowest BCUT2D eigenvalue weighted by atomic mass is 9.63. The van der Waals surface area contributed by atoms with E-state index >= 15 is 0 Å². The van der Waals surface area contributed by atoms with E-state index in [1.807, 2.05) is 36.4 Å². The topological polar surface area (TPSA) is 57.6 Å². The van der Waals surface area contributed by atoms with Crippen LogP contribution in [-0.4, -0.2) is 22.5 Å². The molecule has 4 nitrogen and oxygen atoms in total. The Labute approximate surface area is 171 Å². The smallest absolute Gasteiger partial charge is 0.262 e. The molecule has 0 bridgehead atoms. The maximum atomic E-state index is 13.7. The molecule has 2 aromatic rings. The average molecular weight is 436 g/mol. The zero-order valence-electron chi connectivity index (χ0n) is 15.1. The van der Waals surface area contributed by atoms with Crippen LogP contribution in [0.4, 0.5) is 5.69 Å². The molecule has 5 rings (SSSR count). The Kier molecular flexibility index (Phi) is 3.77. The van der Waals surface area contributed by atoms with Gasteiger partial charge in [-0.2, -0.15) is 0 Å². The highest BCUT2D eigenvalue weighted by Crippen LogP contribution is 2.62. The van der Waals surface area contributed by atoms with Crippen molar-refractivity contribution in [2.24, 2.45) is 5.41 Å². The summed E-state index contributed by atoms with van der Waals surface area (Å²) in [4.78, 5) is 28.1. The molecule has 5 heteroatoms. The van der Waals surface area contributed by atoms with E-state index in [0.717, 1.165) is 10.0 Å². The molecule has 0 radical (unpaired) electrons. The number of halogens is 1. The van der Waals surface area contributed by atoms with Crippen molar-refractivity contribution in [1.82, 2.24) is 0 Å². The van der Waals surface area contributed by atoms with Gasteiger partial charge in [-0.25, -0.2) is 4.90 Å². The van der Waals surface area contributed by atoms with Crippen LogP contribution in [0.15, 0.2) is 76.8 Å². The number of para-hydroxylation sites is 1. The van der Waals surface area contributed by atoms with Crippen molar-refractivity contribution in [3.05, 3.63) is 82.4 Å². The van der Waals surface area contributed by atoms with Crippen LogP contribution in [0.5, 0.6) is 0 Å². The quantitative estimate of drug-likeness (QED) is 0.717. The molecule has 1 aliphatic heterocycles. The summed E-state index contributed by atoms with van der Waals surface area (Å²) in [6.45, 7) is 0. The van der Waals surface area contributed by atoms with E-state index in [-0.39, 0.29) is 11.8 Å². The Morgan fingerprint density at radius 3 is 2.29 bits per heavy atom. The third kappa shape index (κ3) is 2.09. The van der Waals surface area contributed by atoms with Crippen LogP contribution < -0.4 is 4.90 Å². The molecule has 140 valence electrons. The zero-order chi connectivity index (χ0) is 19.5. The molecule has 1 heterocycles. The highest BCUT2D eigenvalue weighted by atomic mass is 79.9. The van der Waals surface area contributed by atoms with E-state index in [0.29, 0.717) is 36.1 Å². The van der Waals surface area contributed by atoms with Gasteiger partial charge in [0, 0.05) is 10.0 Å². The van der Waals surface area contributed by atoms with Crippen LogP contribution in [-0.2, 0) is 9.59 Å². The molecule has 2 aliphatic carbocycles. The SMILES string of the molecule is O=C1C2=CC=C(c3ccc(Br)cc3)[C@]3(O)CCC[C@]23C(=O)N1c1ccccc1. The number of hydrogen-bond acceptors (Lipinski definition) is 3. The van der Waals surface area contributed by atoms with Gasteiger partial charge in [0.1, 0.15) is 11.0 Å². The van der Waals surface area contributed by atoms with Gasteiger partial charge in [0.15, 0.2) is 0 Å². The fourth-order valence-corrected chi connectivity index (χ4v) is 5.30. The Bertz CT molecular complexity index is 1060. The first-order valence-corrected chi connectivity index (χ1v) is 10.1. The highest BCUT2D eigenvalue weighted by Gasteiger charge is 2.70. The molecule has 2 fully saturated rings. The van der Waals surface area contributed by atoms with Gasteiger partial charge in [-0.1, -0.05) is 58.4 Å². The first-order chi connectivity index (χ1) is 13.5. The largest absolute Gasteiger partial charge is 0.384 e. The van der Waals surface area contributed by atoms with Crippen LogP contribution in [0.3, 0.4) is 0 Å². The second-order valence-electron chi connectivity index (χ2n) is 7.57. The van der Waals surface area contributed by atoms with Gasteiger partial charge in [0.05, 0.1) is 5.69 Å². The zero-order valence-corrected chi connectivity index (χ0v) is 16.6. The van der Waals surface area contributed by atoms with Crippen molar-refractivity contribution in [2.75, 3.05) is 4.90 Å². The van der Waals surface area contributed by atoms with E-state index in [2.05, 4.69) is 15.9 Å². The van der Waals surface area contributed by atoms with Gasteiger partial charge >= 0.3 is 0 Å². The second-order valence-corrected chi connectivity index (χ2v) is 8.48. The third-order valence-electron chi connectivity index (χ3n) is 6.29.